The van der Waals surface area contributed by atoms with Gasteiger partial charge in [-0.3, -0.25) is 0 Å². The molecule has 3 N–H and O–H groups in total. The molecule has 0 aliphatic heterocycles. The lowest BCUT2D eigenvalue weighted by atomic mass is 10.1. The molecule has 2 aromatic rings. The molecule has 0 unspecified atom stereocenters. The molecule has 1 aromatic heterocycles. The van der Waals surface area contributed by atoms with Gasteiger partial charge in [-0.2, -0.15) is 0 Å². The molecular weight excluding hydrogens is 449 g/mol. The summed E-state index contributed by atoms with van der Waals surface area (Å²) in [5, 5.41) is 3.09. The van der Waals surface area contributed by atoms with Gasteiger partial charge in [0.05, 0.1) is 10.3 Å². The molecule has 0 amide bonds. The maximum atomic E-state index is 5.86. The van der Waals surface area contributed by atoms with Crippen molar-refractivity contribution in [2.24, 2.45) is 10.7 Å². The lowest BCUT2D eigenvalue weighted by Gasteiger charge is -2.06. The first-order valence-corrected chi connectivity index (χ1v) is 7.68. The van der Waals surface area contributed by atoms with Crippen molar-refractivity contribution in [1.29, 1.82) is 0 Å². The summed E-state index contributed by atoms with van der Waals surface area (Å²) in [7, 11) is 0. The van der Waals surface area contributed by atoms with E-state index >= 15 is 0 Å². The van der Waals surface area contributed by atoms with E-state index in [1.165, 1.54) is 10.4 Å². The molecular formula is C14H17BrIN3S. The zero-order chi connectivity index (χ0) is 13.7. The Morgan fingerprint density at radius 3 is 2.50 bits per heavy atom. The molecule has 0 aliphatic rings. The molecule has 0 radical (unpaired) electrons. The van der Waals surface area contributed by atoms with Gasteiger partial charge in [-0.05, 0) is 52.2 Å². The average Bonchev–Trinajstić information content (AvgIpc) is 2.83. The number of anilines is 1. The maximum Gasteiger partial charge on any atom is 0.193 e. The molecule has 6 heteroatoms. The van der Waals surface area contributed by atoms with Crippen LogP contribution >= 0.6 is 51.2 Å². The normalized spacial score (nSPS) is 11.0. The third-order valence-corrected chi connectivity index (χ3v) is 4.28. The number of nitrogens with one attached hydrogen (secondary N) is 1. The van der Waals surface area contributed by atoms with E-state index in [4.69, 9.17) is 5.73 Å². The van der Waals surface area contributed by atoms with Crippen LogP contribution in [0.1, 0.15) is 17.4 Å². The van der Waals surface area contributed by atoms with E-state index in [1.54, 1.807) is 11.3 Å². The molecule has 0 fully saturated rings. The van der Waals surface area contributed by atoms with Crippen LogP contribution in [0, 0.1) is 0 Å². The van der Waals surface area contributed by atoms with E-state index in [0.29, 0.717) is 12.5 Å². The summed E-state index contributed by atoms with van der Waals surface area (Å²) in [6.07, 6.45) is 1.04. The van der Waals surface area contributed by atoms with Crippen LogP contribution in [0.5, 0.6) is 0 Å². The van der Waals surface area contributed by atoms with Crippen LogP contribution in [-0.2, 0) is 13.0 Å². The predicted octanol–water partition coefficient (Wildman–Crippen LogP) is 4.62. The number of nitrogens with two attached hydrogens (primary N) is 1. The van der Waals surface area contributed by atoms with Crippen LogP contribution < -0.4 is 11.1 Å². The minimum Gasteiger partial charge on any atom is -0.370 e. The highest BCUT2D eigenvalue weighted by Gasteiger charge is 1.98. The topological polar surface area (TPSA) is 50.4 Å². The molecule has 1 heterocycles. The Hall–Kier alpha value is -0.600. The van der Waals surface area contributed by atoms with E-state index in [0.717, 1.165) is 15.9 Å². The number of halogens is 2. The van der Waals surface area contributed by atoms with Crippen molar-refractivity contribution in [1.82, 2.24) is 0 Å². The van der Waals surface area contributed by atoms with E-state index in [-0.39, 0.29) is 24.0 Å². The number of benzene rings is 1. The fourth-order valence-corrected chi connectivity index (χ4v) is 3.02. The third-order valence-electron chi connectivity index (χ3n) is 2.67. The van der Waals surface area contributed by atoms with Crippen molar-refractivity contribution in [3.63, 3.8) is 0 Å². The van der Waals surface area contributed by atoms with Gasteiger partial charge in [0.1, 0.15) is 0 Å². The number of aryl methyl sites for hydroxylation is 1. The van der Waals surface area contributed by atoms with Crippen LogP contribution in [0.25, 0.3) is 0 Å². The lowest BCUT2D eigenvalue weighted by Crippen LogP contribution is -2.22. The maximum absolute atomic E-state index is 5.86. The number of hydrogen-bond donors (Lipinski definition) is 2. The standard InChI is InChI=1S/C14H16BrN3S.HI/c1-2-10-3-5-11(6-4-10)18-14(16)17-9-12-7-8-13(15)19-12;/h3-8H,2,9H2,1H3,(H3,16,17,18);1H. The minimum atomic E-state index is 0. The van der Waals surface area contributed by atoms with Crippen molar-refractivity contribution >= 4 is 62.9 Å². The van der Waals surface area contributed by atoms with Gasteiger partial charge in [-0.15, -0.1) is 35.3 Å². The summed E-state index contributed by atoms with van der Waals surface area (Å²) in [5.41, 5.74) is 8.14. The molecule has 0 bridgehead atoms. The molecule has 20 heavy (non-hydrogen) atoms. The molecule has 0 atom stereocenters. The second-order valence-electron chi connectivity index (χ2n) is 4.08. The van der Waals surface area contributed by atoms with Gasteiger partial charge in [0, 0.05) is 10.6 Å². The van der Waals surface area contributed by atoms with Crippen molar-refractivity contribution in [2.45, 2.75) is 19.9 Å². The second-order valence-corrected chi connectivity index (χ2v) is 6.63. The Bertz CT molecular complexity index is 566. The first kappa shape index (κ1) is 17.5. The Morgan fingerprint density at radius 2 is 1.95 bits per heavy atom. The first-order valence-electron chi connectivity index (χ1n) is 6.07. The molecule has 2 rings (SSSR count). The van der Waals surface area contributed by atoms with Crippen molar-refractivity contribution in [3.8, 4) is 0 Å². The third kappa shape index (κ3) is 5.41. The first-order chi connectivity index (χ1) is 9.17. The molecule has 0 saturated heterocycles. The summed E-state index contributed by atoms with van der Waals surface area (Å²) in [5.74, 6) is 0.439. The van der Waals surface area contributed by atoms with E-state index < -0.39 is 0 Å². The fraction of sp³-hybridized carbons (Fsp3) is 0.214. The van der Waals surface area contributed by atoms with Crippen molar-refractivity contribution < 1.29 is 0 Å². The van der Waals surface area contributed by atoms with Crippen LogP contribution in [0.2, 0.25) is 0 Å². The van der Waals surface area contributed by atoms with E-state index in [2.05, 4.69) is 45.3 Å². The average molecular weight is 466 g/mol. The summed E-state index contributed by atoms with van der Waals surface area (Å²) < 4.78 is 1.11. The van der Waals surface area contributed by atoms with Crippen LogP contribution in [0.3, 0.4) is 0 Å². The molecule has 3 nitrogen and oxygen atoms in total. The number of guanidine groups is 1. The monoisotopic (exact) mass is 465 g/mol. The van der Waals surface area contributed by atoms with Gasteiger partial charge in [0.25, 0.3) is 0 Å². The van der Waals surface area contributed by atoms with Crippen LogP contribution in [0.15, 0.2) is 45.2 Å². The number of rotatable bonds is 4. The van der Waals surface area contributed by atoms with Gasteiger partial charge in [-0.1, -0.05) is 19.1 Å². The quantitative estimate of drug-likeness (QED) is 0.393. The van der Waals surface area contributed by atoms with E-state index in [9.17, 15) is 0 Å². The second kappa shape index (κ2) is 8.63. The Balaban J connectivity index is 0.00000200. The highest BCUT2D eigenvalue weighted by Crippen LogP contribution is 2.22. The highest BCUT2D eigenvalue weighted by atomic mass is 127. The summed E-state index contributed by atoms with van der Waals surface area (Å²) >= 11 is 5.10. The number of nitrogens with zero attached hydrogens (tertiary/aromatic N) is 1. The van der Waals surface area contributed by atoms with Crippen LogP contribution in [-0.4, -0.2) is 5.96 Å². The molecule has 108 valence electrons. The lowest BCUT2D eigenvalue weighted by molar-refractivity contribution is 1.09. The summed E-state index contributed by atoms with van der Waals surface area (Å²) in [6.45, 7) is 2.74. The predicted molar refractivity (Wildman–Crippen MR) is 102 cm³/mol. The highest BCUT2D eigenvalue weighted by molar-refractivity contribution is 14.0. The Labute approximate surface area is 148 Å². The molecule has 0 spiro atoms. The Morgan fingerprint density at radius 1 is 1.25 bits per heavy atom. The zero-order valence-electron chi connectivity index (χ0n) is 11.1. The Kier molecular flexibility index (Phi) is 7.53. The number of thiophene rings is 1. The summed E-state index contributed by atoms with van der Waals surface area (Å²) in [6, 6.07) is 12.3. The molecule has 0 saturated carbocycles. The molecule has 1 aromatic carbocycles. The van der Waals surface area contributed by atoms with Gasteiger partial charge < -0.3 is 11.1 Å². The minimum absolute atomic E-state index is 0. The van der Waals surface area contributed by atoms with E-state index in [1.807, 2.05) is 24.3 Å². The summed E-state index contributed by atoms with van der Waals surface area (Å²) in [4.78, 5) is 5.50. The largest absolute Gasteiger partial charge is 0.370 e. The smallest absolute Gasteiger partial charge is 0.193 e. The van der Waals surface area contributed by atoms with Gasteiger partial charge in [-0.25, -0.2) is 4.99 Å². The van der Waals surface area contributed by atoms with Crippen molar-refractivity contribution in [3.05, 3.63) is 50.6 Å². The van der Waals surface area contributed by atoms with Crippen LogP contribution in [0.4, 0.5) is 5.69 Å². The van der Waals surface area contributed by atoms with Crippen molar-refractivity contribution in [2.75, 3.05) is 5.32 Å². The number of hydrogen-bond acceptors (Lipinski definition) is 2. The van der Waals surface area contributed by atoms with Gasteiger partial charge in [0.15, 0.2) is 5.96 Å². The van der Waals surface area contributed by atoms with Gasteiger partial charge in [0.2, 0.25) is 0 Å². The molecule has 0 aliphatic carbocycles. The fourth-order valence-electron chi connectivity index (χ4n) is 1.61. The zero-order valence-corrected chi connectivity index (χ0v) is 15.8. The number of aliphatic imine (C=N–C) groups is 1. The van der Waals surface area contributed by atoms with Gasteiger partial charge >= 0.3 is 0 Å². The SMILES string of the molecule is CCc1ccc(NC(N)=NCc2ccc(Br)s2)cc1.I.